The molecule has 1 N–H and O–H groups in total. The van der Waals surface area contributed by atoms with Crippen molar-refractivity contribution in [2.45, 2.75) is 45.1 Å². The number of nitrogens with zero attached hydrogens (tertiary/aromatic N) is 3. The molecule has 0 atom stereocenters. The summed E-state index contributed by atoms with van der Waals surface area (Å²) in [6.07, 6.45) is 8.33. The highest BCUT2D eigenvalue weighted by molar-refractivity contribution is 5.98. The zero-order valence-corrected chi connectivity index (χ0v) is 15.3. The number of aryl methyl sites for hydroxylation is 1. The molecular formula is C21H26N4O. The van der Waals surface area contributed by atoms with Crippen LogP contribution in [0.4, 0.5) is 0 Å². The van der Waals surface area contributed by atoms with Crippen LogP contribution in [-0.2, 0) is 6.54 Å². The topological polar surface area (TPSA) is 53.9 Å². The normalized spacial score (nSPS) is 15.7. The van der Waals surface area contributed by atoms with Gasteiger partial charge < -0.3 is 14.5 Å². The Bertz CT molecular complexity index is 853. The van der Waals surface area contributed by atoms with Crippen molar-refractivity contribution in [1.82, 2.24) is 19.4 Å². The summed E-state index contributed by atoms with van der Waals surface area (Å²) in [5.74, 6) is 1.75. The maximum atomic E-state index is 12.8. The lowest BCUT2D eigenvalue weighted by Gasteiger charge is -2.31. The van der Waals surface area contributed by atoms with Crippen LogP contribution >= 0.6 is 0 Å². The van der Waals surface area contributed by atoms with Crippen LogP contribution in [0.2, 0.25) is 0 Å². The molecule has 1 aliphatic rings. The molecule has 0 aliphatic carbocycles. The maximum Gasteiger partial charge on any atom is 0.270 e. The second-order valence-corrected chi connectivity index (χ2v) is 7.17. The minimum Gasteiger partial charge on any atom is -0.351 e. The highest BCUT2D eigenvalue weighted by Gasteiger charge is 2.27. The van der Waals surface area contributed by atoms with Gasteiger partial charge in [0.15, 0.2) is 0 Å². The minimum absolute atomic E-state index is 0.106. The van der Waals surface area contributed by atoms with Crippen LogP contribution < -0.4 is 0 Å². The number of carbonyl (C=O) groups excluding carboxylic acids is 1. The summed E-state index contributed by atoms with van der Waals surface area (Å²) in [4.78, 5) is 22.7. The van der Waals surface area contributed by atoms with Crippen LogP contribution in [0, 0.1) is 0 Å². The van der Waals surface area contributed by atoms with Crippen molar-refractivity contribution in [3.8, 4) is 0 Å². The molecule has 4 rings (SSSR count). The number of aromatic amines is 1. The Morgan fingerprint density at radius 1 is 1.27 bits per heavy atom. The van der Waals surface area contributed by atoms with E-state index in [9.17, 15) is 4.79 Å². The molecule has 1 fully saturated rings. The van der Waals surface area contributed by atoms with Crippen LogP contribution in [0.25, 0.3) is 10.9 Å². The van der Waals surface area contributed by atoms with E-state index in [1.165, 1.54) is 18.7 Å². The summed E-state index contributed by atoms with van der Waals surface area (Å²) in [6.45, 7) is 4.84. The average molecular weight is 350 g/mol. The van der Waals surface area contributed by atoms with Gasteiger partial charge in [-0.1, -0.05) is 31.5 Å². The molecule has 136 valence electrons. The van der Waals surface area contributed by atoms with E-state index in [1.54, 1.807) is 0 Å². The first kappa shape index (κ1) is 16.9. The first-order chi connectivity index (χ1) is 12.8. The zero-order chi connectivity index (χ0) is 17.9. The summed E-state index contributed by atoms with van der Waals surface area (Å²) >= 11 is 0. The van der Waals surface area contributed by atoms with Crippen LogP contribution in [0.1, 0.15) is 54.8 Å². The SMILES string of the molecule is CCCCn1ccnc1C1CCN(C(=O)c2cc3ccccc3[nH]2)CC1. The Kier molecular flexibility index (Phi) is 4.78. The Hall–Kier alpha value is -2.56. The van der Waals surface area contributed by atoms with Crippen molar-refractivity contribution in [1.29, 1.82) is 0 Å². The lowest BCUT2D eigenvalue weighted by atomic mass is 9.95. The number of nitrogens with one attached hydrogen (secondary N) is 1. The fourth-order valence-corrected chi connectivity index (χ4v) is 3.90. The van der Waals surface area contributed by atoms with E-state index >= 15 is 0 Å². The average Bonchev–Trinajstić information content (AvgIpc) is 3.32. The number of aromatic nitrogens is 3. The maximum absolute atomic E-state index is 12.8. The van der Waals surface area contributed by atoms with Gasteiger partial charge in [0.05, 0.1) is 0 Å². The van der Waals surface area contributed by atoms with Gasteiger partial charge in [0, 0.05) is 48.8 Å². The van der Waals surface area contributed by atoms with E-state index in [0.29, 0.717) is 11.6 Å². The van der Waals surface area contributed by atoms with Gasteiger partial charge in [-0.05, 0) is 31.4 Å². The van der Waals surface area contributed by atoms with Gasteiger partial charge in [-0.25, -0.2) is 4.98 Å². The third kappa shape index (κ3) is 3.26. The van der Waals surface area contributed by atoms with Crippen molar-refractivity contribution in [2.75, 3.05) is 13.1 Å². The van der Waals surface area contributed by atoms with Gasteiger partial charge in [0.1, 0.15) is 11.5 Å². The van der Waals surface area contributed by atoms with E-state index in [4.69, 9.17) is 0 Å². The molecule has 0 bridgehead atoms. The lowest BCUT2D eigenvalue weighted by molar-refractivity contribution is 0.0705. The van der Waals surface area contributed by atoms with Crippen molar-refractivity contribution in [2.24, 2.45) is 0 Å². The molecule has 3 aromatic rings. The molecule has 26 heavy (non-hydrogen) atoms. The quantitative estimate of drug-likeness (QED) is 0.750. The molecule has 0 radical (unpaired) electrons. The fourth-order valence-electron chi connectivity index (χ4n) is 3.90. The molecular weight excluding hydrogens is 324 g/mol. The highest BCUT2D eigenvalue weighted by Crippen LogP contribution is 2.28. The molecule has 1 saturated heterocycles. The van der Waals surface area contributed by atoms with Crippen LogP contribution in [0.5, 0.6) is 0 Å². The second kappa shape index (κ2) is 7.36. The largest absolute Gasteiger partial charge is 0.351 e. The number of para-hydroxylation sites is 1. The van der Waals surface area contributed by atoms with Gasteiger partial charge in [-0.3, -0.25) is 4.79 Å². The molecule has 0 saturated carbocycles. The van der Waals surface area contributed by atoms with Gasteiger partial charge in [-0.2, -0.15) is 0 Å². The van der Waals surface area contributed by atoms with Crippen molar-refractivity contribution < 1.29 is 4.79 Å². The molecule has 1 aliphatic heterocycles. The number of imidazole rings is 1. The Balaban J connectivity index is 1.41. The minimum atomic E-state index is 0.106. The monoisotopic (exact) mass is 350 g/mol. The molecule has 5 heteroatoms. The van der Waals surface area contributed by atoms with Gasteiger partial charge >= 0.3 is 0 Å². The number of hydrogen-bond acceptors (Lipinski definition) is 2. The molecule has 1 aromatic carbocycles. The van der Waals surface area contributed by atoms with Crippen molar-refractivity contribution >= 4 is 16.8 Å². The van der Waals surface area contributed by atoms with E-state index in [0.717, 1.165) is 43.4 Å². The molecule has 0 spiro atoms. The molecule has 5 nitrogen and oxygen atoms in total. The predicted octanol–water partition coefficient (Wildman–Crippen LogP) is 4.18. The van der Waals surface area contributed by atoms with E-state index in [-0.39, 0.29) is 5.91 Å². The number of H-pyrrole nitrogens is 1. The zero-order valence-electron chi connectivity index (χ0n) is 15.3. The summed E-state index contributed by atoms with van der Waals surface area (Å²) in [5, 5.41) is 1.09. The van der Waals surface area contributed by atoms with E-state index in [2.05, 4.69) is 27.7 Å². The number of likely N-dealkylation sites (tertiary alicyclic amines) is 1. The van der Waals surface area contributed by atoms with Crippen LogP contribution in [0.15, 0.2) is 42.7 Å². The number of fused-ring (bicyclic) bond motifs is 1. The summed E-state index contributed by atoms with van der Waals surface area (Å²) in [7, 11) is 0. The smallest absolute Gasteiger partial charge is 0.270 e. The van der Waals surface area contributed by atoms with Gasteiger partial charge in [-0.15, -0.1) is 0 Å². The predicted molar refractivity (Wildman–Crippen MR) is 103 cm³/mol. The van der Waals surface area contributed by atoms with Gasteiger partial charge in [0.25, 0.3) is 5.91 Å². The third-order valence-corrected chi connectivity index (χ3v) is 5.41. The highest BCUT2D eigenvalue weighted by atomic mass is 16.2. The van der Waals surface area contributed by atoms with Crippen LogP contribution in [-0.4, -0.2) is 38.4 Å². The number of unbranched alkanes of at least 4 members (excludes halogenated alkanes) is 1. The number of amides is 1. The number of piperidine rings is 1. The second-order valence-electron chi connectivity index (χ2n) is 7.17. The summed E-state index contributed by atoms with van der Waals surface area (Å²) in [5.41, 5.74) is 1.71. The molecule has 1 amide bonds. The molecule has 2 aromatic heterocycles. The molecule has 0 unspecified atom stereocenters. The van der Waals surface area contributed by atoms with E-state index < -0.39 is 0 Å². The summed E-state index contributed by atoms with van der Waals surface area (Å²) < 4.78 is 2.29. The number of benzene rings is 1. The Morgan fingerprint density at radius 3 is 2.85 bits per heavy atom. The number of hydrogen-bond donors (Lipinski definition) is 1. The first-order valence-corrected chi connectivity index (χ1v) is 9.64. The number of carbonyl (C=O) groups is 1. The Morgan fingerprint density at radius 2 is 2.08 bits per heavy atom. The van der Waals surface area contributed by atoms with Crippen LogP contribution in [0.3, 0.4) is 0 Å². The third-order valence-electron chi connectivity index (χ3n) is 5.41. The number of rotatable bonds is 5. The van der Waals surface area contributed by atoms with E-state index in [1.807, 2.05) is 41.4 Å². The standard InChI is InChI=1S/C21H26N4O/c1-2-3-11-24-14-10-22-20(24)16-8-12-25(13-9-16)21(26)19-15-17-6-4-5-7-18(17)23-19/h4-7,10,14-16,23H,2-3,8-9,11-13H2,1H3. The van der Waals surface area contributed by atoms with Crippen molar-refractivity contribution in [3.05, 3.63) is 54.2 Å². The first-order valence-electron chi connectivity index (χ1n) is 9.64. The molecule has 3 heterocycles. The van der Waals surface area contributed by atoms with Crippen molar-refractivity contribution in [3.63, 3.8) is 0 Å². The van der Waals surface area contributed by atoms with Gasteiger partial charge in [0.2, 0.25) is 0 Å². The summed E-state index contributed by atoms with van der Waals surface area (Å²) in [6, 6.07) is 9.98. The lowest BCUT2D eigenvalue weighted by Crippen LogP contribution is -2.38. The fraction of sp³-hybridized carbons (Fsp3) is 0.429. The Labute approximate surface area is 154 Å².